The molecule has 0 N–H and O–H groups in total. The molecule has 0 fully saturated rings. The lowest BCUT2D eigenvalue weighted by Crippen LogP contribution is -2.34. The van der Waals surface area contributed by atoms with Gasteiger partial charge in [-0.25, -0.2) is 4.57 Å². The van der Waals surface area contributed by atoms with Crippen molar-refractivity contribution in [3.63, 3.8) is 0 Å². The third-order valence-electron chi connectivity index (χ3n) is 2.59. The van der Waals surface area contributed by atoms with Crippen molar-refractivity contribution < 1.29 is 18.0 Å². The predicted octanol–water partition coefficient (Wildman–Crippen LogP) is 3.06. The van der Waals surface area contributed by atoms with E-state index >= 15 is 0 Å². The molecule has 0 amide bonds. The Labute approximate surface area is 113 Å². The van der Waals surface area contributed by atoms with Crippen LogP contribution in [-0.2, 0) is 6.30 Å². The normalized spacial score (nSPS) is 11.8. The maximum Gasteiger partial charge on any atom is 0.491 e. The number of nitrogens with zero attached hydrogens (tertiary/aromatic N) is 1. The Morgan fingerprint density at radius 1 is 1.26 bits per heavy atom. The Morgan fingerprint density at radius 3 is 2.47 bits per heavy atom. The molecule has 7 heteroatoms. The van der Waals surface area contributed by atoms with Crippen LogP contribution >= 0.6 is 15.9 Å². The number of hydrogen-bond acceptors (Lipinski definition) is 2. The van der Waals surface area contributed by atoms with Crippen molar-refractivity contribution in [2.45, 2.75) is 6.30 Å². The zero-order chi connectivity index (χ0) is 14.2. The molecule has 0 atom stereocenters. The van der Waals surface area contributed by atoms with Crippen LogP contribution in [0.25, 0.3) is 10.9 Å². The number of fused-ring (bicyclic) bond motifs is 1. The third kappa shape index (κ3) is 2.42. The highest BCUT2D eigenvalue weighted by Gasteiger charge is 2.35. The number of Topliss-reactive ketones (excluding diaryl/α,β-unsaturated/α-hetero) is 1. The summed E-state index contributed by atoms with van der Waals surface area (Å²) in [5.41, 5.74) is -2.10. The molecule has 19 heavy (non-hydrogen) atoms. The van der Waals surface area contributed by atoms with E-state index in [0.29, 0.717) is 0 Å². The fourth-order valence-corrected chi connectivity index (χ4v) is 2.09. The fraction of sp³-hybridized carbons (Fsp3) is 0.167. The summed E-state index contributed by atoms with van der Waals surface area (Å²) < 4.78 is 38.6. The minimum atomic E-state index is -4.88. The van der Waals surface area contributed by atoms with Crippen LogP contribution in [0.4, 0.5) is 13.2 Å². The largest absolute Gasteiger partial charge is 0.491 e. The van der Waals surface area contributed by atoms with Crippen LogP contribution in [0.3, 0.4) is 0 Å². The minimum Gasteiger partial charge on any atom is -0.293 e. The number of carbonyl (C=O) groups is 1. The van der Waals surface area contributed by atoms with E-state index < -0.39 is 23.2 Å². The van der Waals surface area contributed by atoms with Crippen LogP contribution in [0, 0.1) is 0 Å². The number of hydrogen-bond donors (Lipinski definition) is 0. The van der Waals surface area contributed by atoms with E-state index in [2.05, 4.69) is 15.9 Å². The highest BCUT2D eigenvalue weighted by molar-refractivity contribution is 9.09. The van der Waals surface area contributed by atoms with Crippen LogP contribution in [0.2, 0.25) is 0 Å². The van der Waals surface area contributed by atoms with Gasteiger partial charge in [0, 0.05) is 0 Å². The second kappa shape index (κ2) is 4.80. The van der Waals surface area contributed by atoms with Gasteiger partial charge in [0.2, 0.25) is 0 Å². The first-order valence-corrected chi connectivity index (χ1v) is 6.29. The first kappa shape index (κ1) is 13.8. The summed E-state index contributed by atoms with van der Waals surface area (Å²) in [5, 5.41) is -0.0259. The lowest BCUT2D eigenvalue weighted by atomic mass is 10.1. The number of halogens is 4. The second-order valence-corrected chi connectivity index (χ2v) is 4.34. The first-order chi connectivity index (χ1) is 8.86. The van der Waals surface area contributed by atoms with Crippen LogP contribution in [0.5, 0.6) is 0 Å². The Hall–Kier alpha value is -1.63. The molecule has 1 heterocycles. The quantitative estimate of drug-likeness (QED) is 0.626. The Bertz CT molecular complexity index is 706. The molecule has 0 spiro atoms. The number of alkyl halides is 4. The lowest BCUT2D eigenvalue weighted by Gasteiger charge is -2.14. The summed E-state index contributed by atoms with van der Waals surface area (Å²) in [4.78, 5) is 23.4. The van der Waals surface area contributed by atoms with Crippen molar-refractivity contribution in [1.29, 1.82) is 0 Å². The standard InChI is InChI=1S/C12H7BrF3NO2/c13-6-10(18)8-5-7-3-1-2-4-9(7)17(11(8)19)12(14,15)16/h1-5H,6H2. The fourth-order valence-electron chi connectivity index (χ4n) is 1.78. The zero-order valence-corrected chi connectivity index (χ0v) is 11.0. The van der Waals surface area contributed by atoms with Crippen molar-refractivity contribution in [2.24, 2.45) is 0 Å². The molecule has 0 aliphatic rings. The number of benzene rings is 1. The van der Waals surface area contributed by atoms with Gasteiger partial charge >= 0.3 is 6.30 Å². The number of para-hydroxylation sites is 1. The van der Waals surface area contributed by atoms with Crippen LogP contribution < -0.4 is 5.56 Å². The van der Waals surface area contributed by atoms with Crippen molar-refractivity contribution in [2.75, 3.05) is 5.33 Å². The van der Waals surface area contributed by atoms with E-state index in [4.69, 9.17) is 0 Å². The zero-order valence-electron chi connectivity index (χ0n) is 9.37. The van der Waals surface area contributed by atoms with Gasteiger partial charge in [-0.15, -0.1) is 13.2 Å². The smallest absolute Gasteiger partial charge is 0.293 e. The molecule has 0 saturated carbocycles. The molecule has 0 aliphatic heterocycles. The number of rotatable bonds is 2. The second-order valence-electron chi connectivity index (χ2n) is 3.78. The van der Waals surface area contributed by atoms with E-state index in [-0.39, 0.29) is 20.8 Å². The molecular weight excluding hydrogens is 327 g/mol. The number of ketones is 1. The van der Waals surface area contributed by atoms with Crippen molar-refractivity contribution >= 4 is 32.6 Å². The van der Waals surface area contributed by atoms with Gasteiger partial charge in [0.05, 0.1) is 16.4 Å². The monoisotopic (exact) mass is 333 g/mol. The molecule has 1 aromatic carbocycles. The van der Waals surface area contributed by atoms with Gasteiger partial charge in [0.1, 0.15) is 0 Å². The Balaban J connectivity index is 2.94. The average Bonchev–Trinajstić information content (AvgIpc) is 2.35. The summed E-state index contributed by atoms with van der Waals surface area (Å²) in [6.07, 6.45) is -4.88. The molecule has 0 bridgehead atoms. The highest BCUT2D eigenvalue weighted by atomic mass is 79.9. The average molecular weight is 334 g/mol. The third-order valence-corrected chi connectivity index (χ3v) is 3.10. The molecule has 100 valence electrons. The van der Waals surface area contributed by atoms with Gasteiger partial charge in [-0.3, -0.25) is 9.59 Å². The molecule has 1 aromatic heterocycles. The summed E-state index contributed by atoms with van der Waals surface area (Å²) in [7, 11) is 0. The molecule has 0 radical (unpaired) electrons. The van der Waals surface area contributed by atoms with E-state index in [1.54, 1.807) is 0 Å². The lowest BCUT2D eigenvalue weighted by molar-refractivity contribution is -0.203. The van der Waals surface area contributed by atoms with E-state index in [9.17, 15) is 22.8 Å². The van der Waals surface area contributed by atoms with Gasteiger partial charge in [-0.1, -0.05) is 34.1 Å². The molecule has 2 rings (SSSR count). The van der Waals surface area contributed by atoms with Gasteiger partial charge in [0.15, 0.2) is 5.78 Å². The summed E-state index contributed by atoms with van der Waals surface area (Å²) in [6.45, 7) is 0. The maximum absolute atomic E-state index is 13.0. The van der Waals surface area contributed by atoms with Crippen LogP contribution in [0.1, 0.15) is 10.4 Å². The first-order valence-electron chi connectivity index (χ1n) is 5.17. The Morgan fingerprint density at radius 2 is 1.89 bits per heavy atom. The van der Waals surface area contributed by atoms with Crippen molar-refractivity contribution in [3.8, 4) is 0 Å². The highest BCUT2D eigenvalue weighted by Crippen LogP contribution is 2.25. The summed E-state index contributed by atoms with van der Waals surface area (Å²) in [6, 6.07) is 6.73. The molecule has 3 nitrogen and oxygen atoms in total. The number of carbonyl (C=O) groups excluding carboxylic acids is 1. The van der Waals surface area contributed by atoms with Gasteiger partial charge in [-0.2, -0.15) is 0 Å². The SMILES string of the molecule is O=C(CBr)c1cc2ccccc2n(C(F)(F)F)c1=O. The molecule has 0 aliphatic carbocycles. The van der Waals surface area contributed by atoms with Gasteiger partial charge in [0.25, 0.3) is 5.56 Å². The molecular formula is C12H7BrF3NO2. The van der Waals surface area contributed by atoms with E-state index in [0.717, 1.165) is 0 Å². The number of pyridine rings is 1. The minimum absolute atomic E-state index is 0.184. The maximum atomic E-state index is 13.0. The summed E-state index contributed by atoms with van der Waals surface area (Å²) >= 11 is 2.85. The van der Waals surface area contributed by atoms with E-state index in [1.165, 1.54) is 30.3 Å². The topological polar surface area (TPSA) is 39.1 Å². The molecule has 0 unspecified atom stereocenters. The van der Waals surface area contributed by atoms with Crippen LogP contribution in [0.15, 0.2) is 35.1 Å². The molecule has 2 aromatic rings. The van der Waals surface area contributed by atoms with E-state index in [1.807, 2.05) is 0 Å². The van der Waals surface area contributed by atoms with Crippen molar-refractivity contribution in [3.05, 3.63) is 46.2 Å². The van der Waals surface area contributed by atoms with Gasteiger partial charge < -0.3 is 0 Å². The van der Waals surface area contributed by atoms with Crippen LogP contribution in [-0.4, -0.2) is 15.7 Å². The van der Waals surface area contributed by atoms with Crippen molar-refractivity contribution in [1.82, 2.24) is 4.57 Å². The number of aromatic nitrogens is 1. The predicted molar refractivity (Wildman–Crippen MR) is 67.6 cm³/mol. The molecule has 0 saturated heterocycles. The summed E-state index contributed by atoms with van der Waals surface area (Å²) in [5.74, 6) is -0.686. The van der Waals surface area contributed by atoms with Gasteiger partial charge in [-0.05, 0) is 17.5 Å². The Kier molecular flexibility index (Phi) is 3.49.